The van der Waals surface area contributed by atoms with Crippen LogP contribution in [0.1, 0.15) is 0 Å². The zero-order valence-electron chi connectivity index (χ0n) is 2.87. The number of halogens is 1. The first-order valence-corrected chi connectivity index (χ1v) is 8.89. The van der Waals surface area contributed by atoms with Gasteiger partial charge in [0.2, 0.25) is 0 Å². The molecular weight excluding hydrogens is 279 g/mol. The van der Waals surface area contributed by atoms with Gasteiger partial charge >= 0.3 is 48.0 Å². The molecule has 0 atom stereocenters. The van der Waals surface area contributed by atoms with Gasteiger partial charge in [0, 0.05) is 0 Å². The van der Waals surface area contributed by atoms with Crippen LogP contribution in [0.3, 0.4) is 0 Å². The summed E-state index contributed by atoms with van der Waals surface area (Å²) in [6.45, 7) is 3.51. The topological polar surface area (TPSA) is 0 Å². The van der Waals surface area contributed by atoms with Gasteiger partial charge in [-0.25, -0.2) is 0 Å². The molecule has 0 aromatic rings. The van der Waals surface area contributed by atoms with Gasteiger partial charge < -0.3 is 0 Å². The van der Waals surface area contributed by atoms with Crippen molar-refractivity contribution in [1.82, 2.24) is 0 Å². The van der Waals surface area contributed by atoms with E-state index >= 15 is 0 Å². The fourth-order valence-electron chi connectivity index (χ4n) is 0.0546. The zero-order valence-corrected chi connectivity index (χ0v) is 7.51. The summed E-state index contributed by atoms with van der Waals surface area (Å²) in [5, 5.41) is 0. The first-order valence-electron chi connectivity index (χ1n) is 1.36. The molecule has 0 saturated carbocycles. The maximum atomic E-state index is 5.42. The molecular formula is C3H5ClPb. The quantitative estimate of drug-likeness (QED) is 0.532. The molecule has 0 unspecified atom stereocenters. The van der Waals surface area contributed by atoms with E-state index in [9.17, 15) is 0 Å². The van der Waals surface area contributed by atoms with Crippen molar-refractivity contribution >= 4 is 31.3 Å². The predicted molar refractivity (Wildman–Crippen MR) is 26.6 cm³/mol. The van der Waals surface area contributed by atoms with E-state index in [0.29, 0.717) is 0 Å². The van der Waals surface area contributed by atoms with Gasteiger partial charge in [-0.05, 0) is 0 Å². The van der Waals surface area contributed by atoms with Gasteiger partial charge in [-0.2, -0.15) is 0 Å². The molecule has 0 aliphatic rings. The summed E-state index contributed by atoms with van der Waals surface area (Å²) in [4.78, 5) is 0. The molecule has 0 saturated heterocycles. The molecule has 0 fully saturated rings. The zero-order chi connectivity index (χ0) is 4.12. The standard InChI is InChI=1S/C3H5.ClH.Pb/c1-3-2;;/h3H,1-2H2;1H;/q;;+1/p-1. The predicted octanol–water partition coefficient (Wildman–Crippen LogP) is 1.45. The Hall–Kier alpha value is 0.952. The molecule has 0 rings (SSSR count). The van der Waals surface area contributed by atoms with Crippen LogP contribution in [-0.4, -0.2) is 23.0 Å². The van der Waals surface area contributed by atoms with Gasteiger partial charge in [-0.3, -0.25) is 0 Å². The fraction of sp³-hybridized carbons (Fsp3) is 0.333. The third kappa shape index (κ3) is 4.95. The Morgan fingerprint density at radius 2 is 2.60 bits per heavy atom. The monoisotopic (exact) mass is 284 g/mol. The van der Waals surface area contributed by atoms with E-state index < -0.39 is 23.0 Å². The van der Waals surface area contributed by atoms with E-state index in [1.807, 2.05) is 6.08 Å². The Kier molecular flexibility index (Phi) is 5.90. The molecule has 2 radical (unpaired) electrons. The molecule has 0 bridgehead atoms. The summed E-state index contributed by atoms with van der Waals surface area (Å²) in [5.41, 5.74) is 0. The first-order chi connectivity index (χ1) is 2.41. The molecule has 0 aliphatic heterocycles. The van der Waals surface area contributed by atoms with Gasteiger partial charge in [0.1, 0.15) is 0 Å². The normalized spacial score (nSPS) is 7.40. The van der Waals surface area contributed by atoms with E-state index in [0.717, 1.165) is 3.98 Å². The summed E-state index contributed by atoms with van der Waals surface area (Å²) in [6, 6.07) is 0. The molecule has 0 heterocycles. The second-order valence-corrected chi connectivity index (χ2v) is 5.60. The summed E-state index contributed by atoms with van der Waals surface area (Å²) < 4.78 is 1.11. The number of rotatable bonds is 2. The van der Waals surface area contributed by atoms with Crippen molar-refractivity contribution in [3.63, 3.8) is 0 Å². The van der Waals surface area contributed by atoms with Crippen LogP contribution in [0, 0.1) is 0 Å². The molecule has 2 heteroatoms. The second-order valence-electron chi connectivity index (χ2n) is 0.626. The van der Waals surface area contributed by atoms with E-state index in [1.165, 1.54) is 0 Å². The summed E-state index contributed by atoms with van der Waals surface area (Å²) in [7, 11) is 5.42. The molecule has 0 aromatic carbocycles. The van der Waals surface area contributed by atoms with Gasteiger partial charge in [0.15, 0.2) is 0 Å². The van der Waals surface area contributed by atoms with Crippen molar-refractivity contribution in [2.24, 2.45) is 0 Å². The van der Waals surface area contributed by atoms with Crippen LogP contribution in [0.25, 0.3) is 0 Å². The van der Waals surface area contributed by atoms with Crippen LogP contribution in [0.5, 0.6) is 0 Å². The first kappa shape index (κ1) is 5.95. The van der Waals surface area contributed by atoms with Crippen LogP contribution in [0.15, 0.2) is 12.7 Å². The molecule has 0 nitrogen and oxygen atoms in total. The molecule has 0 aromatic heterocycles. The van der Waals surface area contributed by atoms with Crippen LogP contribution in [0.2, 0.25) is 3.98 Å². The van der Waals surface area contributed by atoms with Crippen molar-refractivity contribution in [3.8, 4) is 0 Å². The Labute approximate surface area is 47.9 Å². The number of hydrogen-bond acceptors (Lipinski definition) is 0. The number of allylic oxidation sites excluding steroid dienone is 1. The SMILES string of the molecule is C=C[CH2][Pb][Cl]. The van der Waals surface area contributed by atoms with Crippen molar-refractivity contribution in [2.75, 3.05) is 0 Å². The summed E-state index contributed by atoms with van der Waals surface area (Å²) in [5.74, 6) is 0. The van der Waals surface area contributed by atoms with Crippen molar-refractivity contribution in [2.45, 2.75) is 3.98 Å². The fourth-order valence-corrected chi connectivity index (χ4v) is 1.44. The average molecular weight is 284 g/mol. The molecule has 0 amide bonds. The van der Waals surface area contributed by atoms with Crippen LogP contribution >= 0.6 is 8.32 Å². The maximum absolute atomic E-state index is 5.42. The van der Waals surface area contributed by atoms with Crippen molar-refractivity contribution < 1.29 is 0 Å². The van der Waals surface area contributed by atoms with E-state index in [-0.39, 0.29) is 0 Å². The van der Waals surface area contributed by atoms with E-state index in [1.54, 1.807) is 0 Å². The minimum atomic E-state index is -0.604. The van der Waals surface area contributed by atoms with E-state index in [2.05, 4.69) is 6.58 Å². The van der Waals surface area contributed by atoms with Gasteiger partial charge in [0.25, 0.3) is 0 Å². The van der Waals surface area contributed by atoms with Crippen molar-refractivity contribution in [1.29, 1.82) is 0 Å². The average Bonchev–Trinajstić information content (AvgIpc) is 1.41. The second kappa shape index (κ2) is 4.95. The Bertz CT molecular complexity index is 28.1. The summed E-state index contributed by atoms with van der Waals surface area (Å²) in [6.07, 6.45) is 1.89. The minimum absolute atomic E-state index is 0.604. The Morgan fingerprint density at radius 3 is 2.60 bits per heavy atom. The van der Waals surface area contributed by atoms with Crippen LogP contribution < -0.4 is 0 Å². The third-order valence-electron chi connectivity index (χ3n) is 0.221. The summed E-state index contributed by atoms with van der Waals surface area (Å²) >= 11 is -0.604. The molecule has 0 spiro atoms. The van der Waals surface area contributed by atoms with Crippen molar-refractivity contribution in [3.05, 3.63) is 12.7 Å². The molecule has 5 heavy (non-hydrogen) atoms. The molecule has 0 N–H and O–H groups in total. The van der Waals surface area contributed by atoms with Gasteiger partial charge in [0.05, 0.1) is 0 Å². The van der Waals surface area contributed by atoms with Gasteiger partial charge in [-0.1, -0.05) is 0 Å². The third-order valence-corrected chi connectivity index (χ3v) is 3.30. The van der Waals surface area contributed by atoms with Crippen LogP contribution in [-0.2, 0) is 0 Å². The Morgan fingerprint density at radius 1 is 2.00 bits per heavy atom. The Balaban J connectivity index is 2.40. The van der Waals surface area contributed by atoms with E-state index in [4.69, 9.17) is 8.32 Å². The molecule has 28 valence electrons. The van der Waals surface area contributed by atoms with Crippen LogP contribution in [0.4, 0.5) is 0 Å². The van der Waals surface area contributed by atoms with Gasteiger partial charge in [-0.15, -0.1) is 0 Å². The molecule has 0 aliphatic carbocycles. The number of hydrogen-bond donors (Lipinski definition) is 0.